The number of aromatic nitrogens is 2. The SMILES string of the molecule is CCOCc1ccccc1Cn1c(=S)[nH]c2ccccc2c1=O. The van der Waals surface area contributed by atoms with Crippen LogP contribution in [0.1, 0.15) is 18.1 Å². The third-order valence-electron chi connectivity index (χ3n) is 3.80. The van der Waals surface area contributed by atoms with Crippen molar-refractivity contribution < 1.29 is 4.74 Å². The van der Waals surface area contributed by atoms with Crippen LogP contribution in [0.5, 0.6) is 0 Å². The van der Waals surface area contributed by atoms with Crippen LogP contribution in [0.15, 0.2) is 53.3 Å². The summed E-state index contributed by atoms with van der Waals surface area (Å²) >= 11 is 5.37. The topological polar surface area (TPSA) is 47.0 Å². The van der Waals surface area contributed by atoms with Gasteiger partial charge in [0.2, 0.25) is 0 Å². The zero-order valence-corrected chi connectivity index (χ0v) is 13.7. The maximum absolute atomic E-state index is 12.7. The Labute approximate surface area is 139 Å². The minimum atomic E-state index is -0.0736. The van der Waals surface area contributed by atoms with Crippen molar-refractivity contribution in [1.29, 1.82) is 0 Å². The molecule has 0 atom stereocenters. The Morgan fingerprint density at radius 1 is 1.09 bits per heavy atom. The van der Waals surface area contributed by atoms with Gasteiger partial charge >= 0.3 is 0 Å². The lowest BCUT2D eigenvalue weighted by Gasteiger charge is -2.12. The molecule has 1 aromatic heterocycles. The van der Waals surface area contributed by atoms with E-state index in [0.717, 1.165) is 16.6 Å². The van der Waals surface area contributed by atoms with Crippen LogP contribution in [-0.4, -0.2) is 16.2 Å². The highest BCUT2D eigenvalue weighted by atomic mass is 32.1. The number of H-pyrrole nitrogens is 1. The molecule has 4 nitrogen and oxygen atoms in total. The average molecular weight is 326 g/mol. The summed E-state index contributed by atoms with van der Waals surface area (Å²) in [4.78, 5) is 15.9. The Morgan fingerprint density at radius 3 is 2.57 bits per heavy atom. The first-order valence-electron chi connectivity index (χ1n) is 7.57. The van der Waals surface area contributed by atoms with Crippen molar-refractivity contribution >= 4 is 23.1 Å². The summed E-state index contributed by atoms with van der Waals surface area (Å²) in [7, 11) is 0. The molecule has 0 amide bonds. The monoisotopic (exact) mass is 326 g/mol. The lowest BCUT2D eigenvalue weighted by atomic mass is 10.1. The van der Waals surface area contributed by atoms with Gasteiger partial charge in [-0.25, -0.2) is 0 Å². The quantitative estimate of drug-likeness (QED) is 0.728. The molecular formula is C18H18N2O2S. The lowest BCUT2D eigenvalue weighted by Crippen LogP contribution is -2.23. The Morgan fingerprint density at radius 2 is 1.78 bits per heavy atom. The van der Waals surface area contributed by atoms with Crippen LogP contribution in [0.3, 0.4) is 0 Å². The molecule has 0 aliphatic rings. The summed E-state index contributed by atoms with van der Waals surface area (Å²) < 4.78 is 7.54. The Hall–Kier alpha value is -2.24. The molecular weight excluding hydrogens is 308 g/mol. The summed E-state index contributed by atoms with van der Waals surface area (Å²) in [5.74, 6) is 0. The molecule has 0 bridgehead atoms. The number of para-hydroxylation sites is 1. The third kappa shape index (κ3) is 3.25. The molecule has 3 aromatic rings. The highest BCUT2D eigenvalue weighted by Gasteiger charge is 2.08. The van der Waals surface area contributed by atoms with Crippen LogP contribution in [-0.2, 0) is 17.9 Å². The summed E-state index contributed by atoms with van der Waals surface area (Å²) in [5.41, 5.74) is 2.80. The number of hydrogen-bond donors (Lipinski definition) is 1. The first-order chi connectivity index (χ1) is 11.2. The molecule has 0 unspecified atom stereocenters. The second-order valence-electron chi connectivity index (χ2n) is 5.27. The van der Waals surface area contributed by atoms with E-state index in [0.29, 0.717) is 29.9 Å². The Balaban J connectivity index is 2.06. The number of ether oxygens (including phenoxy) is 1. The number of hydrogen-bond acceptors (Lipinski definition) is 3. The lowest BCUT2D eigenvalue weighted by molar-refractivity contribution is 0.133. The third-order valence-corrected chi connectivity index (χ3v) is 4.12. The molecule has 0 aliphatic heterocycles. The van der Waals surface area contributed by atoms with Gasteiger partial charge < -0.3 is 9.72 Å². The number of aromatic amines is 1. The summed E-state index contributed by atoms with van der Waals surface area (Å²) in [6.07, 6.45) is 0. The molecule has 0 saturated heterocycles. The predicted octanol–water partition coefficient (Wildman–Crippen LogP) is 3.64. The number of benzene rings is 2. The largest absolute Gasteiger partial charge is 0.377 e. The molecule has 0 radical (unpaired) electrons. The van der Waals surface area contributed by atoms with Gasteiger partial charge in [0.25, 0.3) is 5.56 Å². The fraction of sp³-hybridized carbons (Fsp3) is 0.222. The summed E-state index contributed by atoms with van der Waals surface area (Å²) in [6.45, 7) is 3.59. The van der Waals surface area contributed by atoms with Gasteiger partial charge in [0.05, 0.1) is 24.1 Å². The normalized spacial score (nSPS) is 11.0. The molecule has 3 rings (SSSR count). The fourth-order valence-electron chi connectivity index (χ4n) is 2.58. The van der Waals surface area contributed by atoms with E-state index in [4.69, 9.17) is 17.0 Å². The van der Waals surface area contributed by atoms with Crippen molar-refractivity contribution in [2.75, 3.05) is 6.61 Å². The number of fused-ring (bicyclic) bond motifs is 1. The van der Waals surface area contributed by atoms with Gasteiger partial charge in [-0.05, 0) is 42.4 Å². The zero-order chi connectivity index (χ0) is 16.2. The molecule has 1 N–H and O–H groups in total. The van der Waals surface area contributed by atoms with Crippen molar-refractivity contribution in [2.24, 2.45) is 0 Å². The van der Waals surface area contributed by atoms with Crippen molar-refractivity contribution in [3.05, 3.63) is 74.8 Å². The van der Waals surface area contributed by atoms with Crippen LogP contribution in [0.25, 0.3) is 10.9 Å². The maximum atomic E-state index is 12.7. The predicted molar refractivity (Wildman–Crippen MR) is 94.3 cm³/mol. The minimum Gasteiger partial charge on any atom is -0.377 e. The summed E-state index contributed by atoms with van der Waals surface area (Å²) in [6, 6.07) is 15.4. The number of nitrogens with one attached hydrogen (secondary N) is 1. The van der Waals surface area contributed by atoms with E-state index in [-0.39, 0.29) is 5.56 Å². The molecule has 0 fully saturated rings. The molecule has 5 heteroatoms. The molecule has 118 valence electrons. The summed E-state index contributed by atoms with van der Waals surface area (Å²) in [5, 5.41) is 0.642. The van der Waals surface area contributed by atoms with E-state index >= 15 is 0 Å². The van der Waals surface area contributed by atoms with Crippen molar-refractivity contribution in [3.8, 4) is 0 Å². The van der Waals surface area contributed by atoms with E-state index in [1.807, 2.05) is 55.5 Å². The van der Waals surface area contributed by atoms with Crippen LogP contribution >= 0.6 is 12.2 Å². The number of rotatable bonds is 5. The fourth-order valence-corrected chi connectivity index (χ4v) is 2.83. The van der Waals surface area contributed by atoms with Gasteiger partial charge in [-0.15, -0.1) is 0 Å². The van der Waals surface area contributed by atoms with Crippen molar-refractivity contribution in [2.45, 2.75) is 20.1 Å². The van der Waals surface area contributed by atoms with Crippen LogP contribution in [0, 0.1) is 4.77 Å². The van der Waals surface area contributed by atoms with E-state index < -0.39 is 0 Å². The van der Waals surface area contributed by atoms with E-state index in [9.17, 15) is 4.79 Å². The Kier molecular flexibility index (Phi) is 4.69. The van der Waals surface area contributed by atoms with Gasteiger partial charge in [0.1, 0.15) is 0 Å². The van der Waals surface area contributed by atoms with Gasteiger partial charge in [-0.2, -0.15) is 0 Å². The van der Waals surface area contributed by atoms with E-state index in [2.05, 4.69) is 4.98 Å². The minimum absolute atomic E-state index is 0.0736. The molecule has 0 spiro atoms. The van der Waals surface area contributed by atoms with E-state index in [1.165, 1.54) is 0 Å². The van der Waals surface area contributed by atoms with Gasteiger partial charge in [-0.1, -0.05) is 36.4 Å². The highest BCUT2D eigenvalue weighted by molar-refractivity contribution is 7.71. The maximum Gasteiger partial charge on any atom is 0.262 e. The van der Waals surface area contributed by atoms with Gasteiger partial charge in [-0.3, -0.25) is 9.36 Å². The van der Waals surface area contributed by atoms with Crippen molar-refractivity contribution in [1.82, 2.24) is 9.55 Å². The van der Waals surface area contributed by atoms with Gasteiger partial charge in [0.15, 0.2) is 4.77 Å². The first kappa shape index (κ1) is 15.6. The second kappa shape index (κ2) is 6.89. The number of nitrogens with zero attached hydrogens (tertiary/aromatic N) is 1. The highest BCUT2D eigenvalue weighted by Crippen LogP contribution is 2.13. The molecule has 2 aromatic carbocycles. The van der Waals surface area contributed by atoms with Crippen LogP contribution < -0.4 is 5.56 Å². The van der Waals surface area contributed by atoms with Crippen LogP contribution in [0.2, 0.25) is 0 Å². The zero-order valence-electron chi connectivity index (χ0n) is 12.9. The first-order valence-corrected chi connectivity index (χ1v) is 7.98. The molecule has 23 heavy (non-hydrogen) atoms. The van der Waals surface area contributed by atoms with Gasteiger partial charge in [0, 0.05) is 6.61 Å². The Bertz CT molecular complexity index is 943. The average Bonchev–Trinajstić information content (AvgIpc) is 2.57. The van der Waals surface area contributed by atoms with E-state index in [1.54, 1.807) is 4.57 Å². The molecule has 0 saturated carbocycles. The molecule has 1 heterocycles. The van der Waals surface area contributed by atoms with Crippen molar-refractivity contribution in [3.63, 3.8) is 0 Å². The molecule has 0 aliphatic carbocycles. The van der Waals surface area contributed by atoms with Crippen LogP contribution in [0.4, 0.5) is 0 Å². The smallest absolute Gasteiger partial charge is 0.262 e. The standard InChI is InChI=1S/C18H18N2O2S/c1-2-22-12-14-8-4-3-7-13(14)11-20-17(21)15-9-5-6-10-16(15)19-18(20)23/h3-10H,2,11-12H2,1H3,(H,19,23). The second-order valence-corrected chi connectivity index (χ2v) is 5.66.